The number of ether oxygens (including phenoxy) is 3. The summed E-state index contributed by atoms with van der Waals surface area (Å²) in [6.45, 7) is 3.95. The first-order valence-corrected chi connectivity index (χ1v) is 14.4. The average Bonchev–Trinajstić information content (AvgIpc) is 3.39. The van der Waals surface area contributed by atoms with Crippen molar-refractivity contribution in [1.29, 1.82) is 0 Å². The lowest BCUT2D eigenvalue weighted by atomic mass is 10.2. The Morgan fingerprint density at radius 2 is 1.65 bits per heavy atom. The van der Waals surface area contributed by atoms with E-state index in [1.54, 1.807) is 52.1 Å². The Hall–Kier alpha value is -3.36. The van der Waals surface area contributed by atoms with Gasteiger partial charge in [0.2, 0.25) is 5.95 Å². The van der Waals surface area contributed by atoms with Gasteiger partial charge in [-0.1, -0.05) is 18.2 Å². The van der Waals surface area contributed by atoms with E-state index in [1.165, 1.54) is 11.9 Å². The molecule has 13 heteroatoms. The first-order valence-electron chi connectivity index (χ1n) is 12.4. The van der Waals surface area contributed by atoms with Crippen LogP contribution in [0.1, 0.15) is 24.4 Å². The topological polar surface area (TPSA) is 123 Å². The molecule has 0 aliphatic carbocycles. The van der Waals surface area contributed by atoms with Crippen molar-refractivity contribution in [3.05, 3.63) is 66.2 Å². The van der Waals surface area contributed by atoms with Crippen LogP contribution in [0.3, 0.4) is 0 Å². The maximum atomic E-state index is 12.8. The summed E-state index contributed by atoms with van der Waals surface area (Å²) in [5.41, 5.74) is 2.32. The summed E-state index contributed by atoms with van der Waals surface area (Å²) in [7, 11) is 8.35. The van der Waals surface area contributed by atoms with Crippen molar-refractivity contribution in [2.24, 2.45) is 0 Å². The predicted molar refractivity (Wildman–Crippen MR) is 157 cm³/mol. The Bertz CT molecular complexity index is 1400. The van der Waals surface area contributed by atoms with Gasteiger partial charge in [0.25, 0.3) is 0 Å². The third-order valence-corrected chi connectivity index (χ3v) is 8.23. The summed E-state index contributed by atoms with van der Waals surface area (Å²) in [5, 5.41) is 8.90. The molecule has 0 aliphatic rings. The zero-order chi connectivity index (χ0) is 28.8. The molecule has 4 rings (SSSR count). The van der Waals surface area contributed by atoms with E-state index in [9.17, 15) is 4.55 Å². The van der Waals surface area contributed by atoms with Crippen LogP contribution in [0.25, 0.3) is 17.1 Å². The number of nitrogens with zero attached hydrogens (tertiary/aromatic N) is 6. The number of anilines is 1. The van der Waals surface area contributed by atoms with E-state index in [-0.39, 0.29) is 11.4 Å². The van der Waals surface area contributed by atoms with Crippen LogP contribution in [0.5, 0.6) is 11.5 Å². The largest absolute Gasteiger partial charge is 0.593 e. The number of aromatic nitrogens is 5. The molecule has 0 radical (unpaired) electrons. The van der Waals surface area contributed by atoms with Crippen LogP contribution in [-0.2, 0) is 16.1 Å². The smallest absolute Gasteiger partial charge is 0.239 e. The predicted octanol–water partition coefficient (Wildman–Crippen LogP) is 4.47. The molecule has 3 unspecified atom stereocenters. The fraction of sp³-hybridized carbons (Fsp3) is 0.333. The van der Waals surface area contributed by atoms with Crippen molar-refractivity contribution >= 4 is 29.3 Å². The molecule has 2 aromatic heterocycles. The normalized spacial score (nSPS) is 13.6. The molecule has 0 fully saturated rings. The summed E-state index contributed by atoms with van der Waals surface area (Å²) in [5.74, 6) is 2.68. The molecular weight excluding hydrogens is 550 g/mol. The molecule has 0 saturated carbocycles. The Balaban J connectivity index is 1.76. The summed E-state index contributed by atoms with van der Waals surface area (Å²) in [6.07, 6.45) is 3.17. The lowest BCUT2D eigenvalue weighted by Crippen LogP contribution is -2.22. The van der Waals surface area contributed by atoms with E-state index >= 15 is 0 Å². The third kappa shape index (κ3) is 6.34. The van der Waals surface area contributed by atoms with Gasteiger partial charge in [-0.15, -0.1) is 14.5 Å². The van der Waals surface area contributed by atoms with E-state index < -0.39 is 11.4 Å². The van der Waals surface area contributed by atoms with Crippen LogP contribution in [0.15, 0.2) is 59.8 Å². The molecule has 11 nitrogen and oxygen atoms in total. The number of nitrogens with one attached hydrogen (secondary N) is 1. The van der Waals surface area contributed by atoms with Gasteiger partial charge in [0, 0.05) is 45.2 Å². The lowest BCUT2D eigenvalue weighted by Gasteiger charge is -2.22. The van der Waals surface area contributed by atoms with E-state index in [0.717, 1.165) is 11.1 Å². The number of benzene rings is 2. The monoisotopic (exact) mass is 583 g/mol. The fourth-order valence-corrected chi connectivity index (χ4v) is 5.64. The number of methoxy groups -OCH3 is 3. The maximum Gasteiger partial charge on any atom is 0.239 e. The SMILES string of the molecule is COc1cccc(OC)c1-n1c(NSC(C)C(OC)c2ncc(C)cn2)nnc1-c1cccc([S+]([O-])N(C)C)c1. The standard InChI is InChI=1S/C27H33N7O4S2/c1-17-15-28-25(29-16-17)24(38-7)18(2)39-32-27-31-30-26(19-10-8-11-20(14-19)40(35)33(3)4)34(27)23-21(36-5)12-9-13-22(23)37-6/h8-16,18,24H,1-7H3,(H,31,32). The molecular formula is C27H33N7O4S2. The Morgan fingerprint density at radius 1 is 1.00 bits per heavy atom. The minimum Gasteiger partial charge on any atom is -0.593 e. The summed E-state index contributed by atoms with van der Waals surface area (Å²) in [6, 6.07) is 12.9. The van der Waals surface area contributed by atoms with Crippen LogP contribution < -0.4 is 14.2 Å². The van der Waals surface area contributed by atoms with Crippen LogP contribution in [-0.4, -0.2) is 74.3 Å². The molecule has 0 bridgehead atoms. The van der Waals surface area contributed by atoms with Crippen molar-refractivity contribution in [3.63, 3.8) is 0 Å². The highest BCUT2D eigenvalue weighted by Crippen LogP contribution is 2.39. The summed E-state index contributed by atoms with van der Waals surface area (Å²) in [4.78, 5) is 9.53. The number of rotatable bonds is 12. The highest BCUT2D eigenvalue weighted by Gasteiger charge is 2.27. The van der Waals surface area contributed by atoms with Gasteiger partial charge in [-0.25, -0.2) is 9.97 Å². The van der Waals surface area contributed by atoms with E-state index in [1.807, 2.05) is 60.9 Å². The van der Waals surface area contributed by atoms with Crippen molar-refractivity contribution in [2.45, 2.75) is 30.1 Å². The molecule has 0 aliphatic heterocycles. The van der Waals surface area contributed by atoms with E-state index in [2.05, 4.69) is 24.9 Å². The zero-order valence-corrected chi connectivity index (χ0v) is 25.1. The van der Waals surface area contributed by atoms with Gasteiger partial charge in [-0.2, -0.15) is 0 Å². The molecule has 0 amide bonds. The van der Waals surface area contributed by atoms with Crippen molar-refractivity contribution in [2.75, 3.05) is 40.1 Å². The van der Waals surface area contributed by atoms with E-state index in [0.29, 0.717) is 39.7 Å². The quantitative estimate of drug-likeness (QED) is 0.188. The van der Waals surface area contributed by atoms with Crippen molar-refractivity contribution in [3.8, 4) is 28.6 Å². The Labute approximate surface area is 241 Å². The molecule has 2 aromatic carbocycles. The van der Waals surface area contributed by atoms with Crippen molar-refractivity contribution in [1.82, 2.24) is 29.0 Å². The van der Waals surface area contributed by atoms with Crippen LogP contribution >= 0.6 is 11.9 Å². The maximum absolute atomic E-state index is 12.8. The lowest BCUT2D eigenvalue weighted by molar-refractivity contribution is 0.0972. The molecule has 4 aromatic rings. The minimum absolute atomic E-state index is 0.105. The molecule has 0 spiro atoms. The highest BCUT2D eigenvalue weighted by atomic mass is 32.2. The van der Waals surface area contributed by atoms with Gasteiger partial charge < -0.3 is 18.8 Å². The second-order valence-corrected chi connectivity index (χ2v) is 11.9. The van der Waals surface area contributed by atoms with Gasteiger partial charge in [0.15, 0.2) is 16.5 Å². The minimum atomic E-state index is -1.33. The molecule has 3 atom stereocenters. The van der Waals surface area contributed by atoms with Crippen molar-refractivity contribution < 1.29 is 18.8 Å². The van der Waals surface area contributed by atoms with Gasteiger partial charge in [-0.05, 0) is 49.6 Å². The van der Waals surface area contributed by atoms with E-state index in [4.69, 9.17) is 14.2 Å². The average molecular weight is 584 g/mol. The number of hydrogen-bond acceptors (Lipinski definition) is 11. The Kier molecular flexibility index (Phi) is 9.87. The second kappa shape index (κ2) is 13.3. The van der Waals surface area contributed by atoms with Crippen LogP contribution in [0, 0.1) is 6.92 Å². The molecule has 1 N–H and O–H groups in total. The van der Waals surface area contributed by atoms with Gasteiger partial charge in [0.1, 0.15) is 23.3 Å². The molecule has 0 saturated heterocycles. The number of hydrogen-bond donors (Lipinski definition) is 1. The number of para-hydroxylation sites is 1. The van der Waals surface area contributed by atoms with Crippen LogP contribution in [0.2, 0.25) is 0 Å². The summed E-state index contributed by atoms with van der Waals surface area (Å²) >= 11 is 0.0719. The van der Waals surface area contributed by atoms with Crippen LogP contribution in [0.4, 0.5) is 5.95 Å². The van der Waals surface area contributed by atoms with Gasteiger partial charge in [-0.3, -0.25) is 9.29 Å². The molecule has 2 heterocycles. The van der Waals surface area contributed by atoms with Gasteiger partial charge in [0.05, 0.1) is 30.8 Å². The molecule has 40 heavy (non-hydrogen) atoms. The molecule has 212 valence electrons. The second-order valence-electron chi connectivity index (χ2n) is 8.98. The zero-order valence-electron chi connectivity index (χ0n) is 23.5. The highest BCUT2D eigenvalue weighted by molar-refractivity contribution is 8.01. The first-order chi connectivity index (χ1) is 19.3. The summed E-state index contributed by atoms with van der Waals surface area (Å²) < 4.78 is 36.8. The Morgan fingerprint density at radius 3 is 2.25 bits per heavy atom. The third-order valence-electron chi connectivity index (χ3n) is 5.99. The van der Waals surface area contributed by atoms with Gasteiger partial charge >= 0.3 is 0 Å². The fourth-order valence-electron chi connectivity index (χ4n) is 4.02. The number of aryl methyl sites for hydroxylation is 1. The first kappa shape index (κ1) is 29.6.